The Labute approximate surface area is 185 Å². The molecular formula is C23H25FN6O2. The van der Waals surface area contributed by atoms with Crippen molar-refractivity contribution >= 4 is 11.9 Å². The van der Waals surface area contributed by atoms with Crippen molar-refractivity contribution in [3.8, 4) is 0 Å². The van der Waals surface area contributed by atoms with Crippen LogP contribution in [0.1, 0.15) is 40.5 Å². The number of aryl methyl sites for hydroxylation is 1. The van der Waals surface area contributed by atoms with Gasteiger partial charge in [-0.1, -0.05) is 13.0 Å². The van der Waals surface area contributed by atoms with E-state index in [1.165, 1.54) is 6.07 Å². The summed E-state index contributed by atoms with van der Waals surface area (Å²) >= 11 is 0. The number of anilines is 1. The highest BCUT2D eigenvalue weighted by Crippen LogP contribution is 2.18. The second-order valence-corrected chi connectivity index (χ2v) is 7.74. The molecule has 1 aliphatic heterocycles. The first-order valence-corrected chi connectivity index (χ1v) is 10.7. The van der Waals surface area contributed by atoms with Gasteiger partial charge >= 0.3 is 0 Å². The number of halogens is 1. The number of rotatable bonds is 5. The normalized spacial score (nSPS) is 14.3. The summed E-state index contributed by atoms with van der Waals surface area (Å²) in [6, 6.07) is 8.05. The van der Waals surface area contributed by atoms with Gasteiger partial charge < -0.3 is 9.80 Å². The number of carbonyl (C=O) groups excluding carboxylic acids is 1. The molecule has 0 aliphatic carbocycles. The average Bonchev–Trinajstić information content (AvgIpc) is 3.08. The monoisotopic (exact) mass is 436 g/mol. The maximum Gasteiger partial charge on any atom is 0.267 e. The summed E-state index contributed by atoms with van der Waals surface area (Å²) in [6.45, 7) is 4.20. The number of amides is 1. The zero-order chi connectivity index (χ0) is 22.5. The van der Waals surface area contributed by atoms with Crippen molar-refractivity contribution in [2.75, 3.05) is 31.1 Å². The second-order valence-electron chi connectivity index (χ2n) is 7.74. The van der Waals surface area contributed by atoms with Crippen molar-refractivity contribution in [1.82, 2.24) is 25.1 Å². The SMILES string of the molecule is CCc1cc(Cc2ccc(F)c(C(=O)N3CCCN(c4ncccn4)CC3)c2)n[nH]c1=O. The lowest BCUT2D eigenvalue weighted by atomic mass is 10.0. The summed E-state index contributed by atoms with van der Waals surface area (Å²) in [7, 11) is 0. The number of hydrogen-bond acceptors (Lipinski definition) is 6. The molecular weight excluding hydrogens is 411 g/mol. The van der Waals surface area contributed by atoms with Crippen molar-refractivity contribution in [2.45, 2.75) is 26.2 Å². The fourth-order valence-electron chi connectivity index (χ4n) is 3.85. The lowest BCUT2D eigenvalue weighted by molar-refractivity contribution is 0.0762. The molecule has 0 saturated carbocycles. The van der Waals surface area contributed by atoms with Crippen LogP contribution in [0.25, 0.3) is 0 Å². The number of nitrogens with zero attached hydrogens (tertiary/aromatic N) is 5. The molecule has 1 aromatic carbocycles. The van der Waals surface area contributed by atoms with Gasteiger partial charge in [-0.05, 0) is 42.7 Å². The zero-order valence-corrected chi connectivity index (χ0v) is 17.9. The van der Waals surface area contributed by atoms with Gasteiger partial charge in [0.1, 0.15) is 5.82 Å². The summed E-state index contributed by atoms with van der Waals surface area (Å²) in [6.07, 6.45) is 5.11. The van der Waals surface area contributed by atoms with Gasteiger partial charge in [0, 0.05) is 50.6 Å². The first kappa shape index (κ1) is 21.6. The molecule has 0 atom stereocenters. The van der Waals surface area contributed by atoms with E-state index in [2.05, 4.69) is 20.2 Å². The average molecular weight is 436 g/mol. The number of carbonyl (C=O) groups is 1. The highest BCUT2D eigenvalue weighted by Gasteiger charge is 2.24. The van der Waals surface area contributed by atoms with Gasteiger partial charge in [0.15, 0.2) is 0 Å². The Hall–Kier alpha value is -3.62. The Bertz CT molecular complexity index is 1150. The molecule has 0 radical (unpaired) electrons. The molecule has 3 heterocycles. The summed E-state index contributed by atoms with van der Waals surface area (Å²) in [5, 5.41) is 6.57. The molecule has 0 bridgehead atoms. The van der Waals surface area contributed by atoms with E-state index in [-0.39, 0.29) is 17.0 Å². The first-order chi connectivity index (χ1) is 15.5. The summed E-state index contributed by atoms with van der Waals surface area (Å²) in [5.41, 5.74) is 1.91. The van der Waals surface area contributed by atoms with Crippen LogP contribution in [0.3, 0.4) is 0 Å². The van der Waals surface area contributed by atoms with Crippen LogP contribution in [0.2, 0.25) is 0 Å². The molecule has 8 nitrogen and oxygen atoms in total. The van der Waals surface area contributed by atoms with Gasteiger partial charge in [-0.2, -0.15) is 5.10 Å². The molecule has 166 valence electrons. The molecule has 32 heavy (non-hydrogen) atoms. The fourth-order valence-corrected chi connectivity index (χ4v) is 3.85. The van der Waals surface area contributed by atoms with Crippen molar-refractivity contribution in [3.05, 3.63) is 81.3 Å². The molecule has 9 heteroatoms. The Balaban J connectivity index is 1.49. The highest BCUT2D eigenvalue weighted by atomic mass is 19.1. The lowest BCUT2D eigenvalue weighted by Crippen LogP contribution is -2.36. The van der Waals surface area contributed by atoms with E-state index in [1.54, 1.807) is 41.6 Å². The standard InChI is InChI=1S/C23H25FN6O2/c1-2-17-15-18(27-28-21(17)31)13-16-5-6-20(24)19(14-16)22(32)29-9-4-10-30(12-11-29)23-25-7-3-8-26-23/h3,5-8,14-15H,2,4,9-13H2,1H3,(H,28,31). The molecule has 3 aromatic rings. The zero-order valence-electron chi connectivity index (χ0n) is 17.9. The van der Waals surface area contributed by atoms with E-state index in [0.29, 0.717) is 49.7 Å². The third kappa shape index (κ3) is 4.82. The van der Waals surface area contributed by atoms with E-state index >= 15 is 0 Å². The van der Waals surface area contributed by atoms with Crippen LogP contribution < -0.4 is 10.5 Å². The summed E-state index contributed by atoms with van der Waals surface area (Å²) in [5.74, 6) is -0.242. The van der Waals surface area contributed by atoms with Crippen LogP contribution in [0.4, 0.5) is 10.3 Å². The molecule has 1 N–H and O–H groups in total. The van der Waals surface area contributed by atoms with Crippen molar-refractivity contribution in [1.29, 1.82) is 0 Å². The number of aromatic nitrogens is 4. The third-order valence-corrected chi connectivity index (χ3v) is 5.58. The second kappa shape index (κ2) is 9.67. The van der Waals surface area contributed by atoms with Gasteiger partial charge in [-0.3, -0.25) is 9.59 Å². The summed E-state index contributed by atoms with van der Waals surface area (Å²) < 4.78 is 14.6. The molecule has 1 saturated heterocycles. The number of hydrogen-bond donors (Lipinski definition) is 1. The van der Waals surface area contributed by atoms with Crippen LogP contribution in [0.15, 0.2) is 47.5 Å². The highest BCUT2D eigenvalue weighted by molar-refractivity contribution is 5.94. The van der Waals surface area contributed by atoms with Crippen LogP contribution in [-0.2, 0) is 12.8 Å². The Kier molecular flexibility index (Phi) is 6.53. The topological polar surface area (TPSA) is 95.1 Å². The van der Waals surface area contributed by atoms with Gasteiger partial charge in [-0.15, -0.1) is 0 Å². The number of aromatic amines is 1. The van der Waals surface area contributed by atoms with Crippen molar-refractivity contribution in [2.24, 2.45) is 0 Å². The van der Waals surface area contributed by atoms with Gasteiger partial charge in [0.05, 0.1) is 11.3 Å². The molecule has 0 spiro atoms. The van der Waals surface area contributed by atoms with Crippen LogP contribution >= 0.6 is 0 Å². The van der Waals surface area contributed by atoms with E-state index in [9.17, 15) is 14.0 Å². The van der Waals surface area contributed by atoms with Crippen molar-refractivity contribution < 1.29 is 9.18 Å². The first-order valence-electron chi connectivity index (χ1n) is 10.7. The van der Waals surface area contributed by atoms with Gasteiger partial charge in [-0.25, -0.2) is 19.5 Å². The largest absolute Gasteiger partial charge is 0.339 e. The van der Waals surface area contributed by atoms with Crippen molar-refractivity contribution in [3.63, 3.8) is 0 Å². The number of benzene rings is 1. The smallest absolute Gasteiger partial charge is 0.267 e. The van der Waals surface area contributed by atoms with E-state index < -0.39 is 5.82 Å². The Morgan fingerprint density at radius 1 is 1.12 bits per heavy atom. The Morgan fingerprint density at radius 3 is 2.72 bits per heavy atom. The predicted molar refractivity (Wildman–Crippen MR) is 118 cm³/mol. The maximum atomic E-state index is 14.6. The van der Waals surface area contributed by atoms with Crippen LogP contribution in [0, 0.1) is 5.82 Å². The minimum absolute atomic E-state index is 0.0482. The minimum atomic E-state index is -0.546. The van der Waals surface area contributed by atoms with E-state index in [0.717, 1.165) is 18.5 Å². The Morgan fingerprint density at radius 2 is 1.94 bits per heavy atom. The molecule has 0 unspecified atom stereocenters. The minimum Gasteiger partial charge on any atom is -0.339 e. The van der Waals surface area contributed by atoms with Crippen LogP contribution in [-0.4, -0.2) is 57.2 Å². The lowest BCUT2D eigenvalue weighted by Gasteiger charge is -2.22. The molecule has 4 rings (SSSR count). The number of nitrogens with one attached hydrogen (secondary N) is 1. The molecule has 1 aliphatic rings. The summed E-state index contributed by atoms with van der Waals surface area (Å²) in [4.78, 5) is 37.1. The third-order valence-electron chi connectivity index (χ3n) is 5.58. The maximum absolute atomic E-state index is 14.6. The predicted octanol–water partition coefficient (Wildman–Crippen LogP) is 2.20. The van der Waals surface area contributed by atoms with E-state index in [4.69, 9.17) is 0 Å². The fraction of sp³-hybridized carbons (Fsp3) is 0.348. The molecule has 1 amide bonds. The number of H-pyrrole nitrogens is 1. The molecule has 2 aromatic heterocycles. The van der Waals surface area contributed by atoms with Crippen LogP contribution in [0.5, 0.6) is 0 Å². The van der Waals surface area contributed by atoms with Gasteiger partial charge in [0.25, 0.3) is 11.5 Å². The van der Waals surface area contributed by atoms with E-state index in [1.807, 2.05) is 11.8 Å². The van der Waals surface area contributed by atoms with Gasteiger partial charge in [0.2, 0.25) is 5.95 Å². The molecule has 1 fully saturated rings. The quantitative estimate of drug-likeness (QED) is 0.659.